The summed E-state index contributed by atoms with van der Waals surface area (Å²) < 4.78 is 18.5. The van der Waals surface area contributed by atoms with Crippen LogP contribution >= 0.6 is 0 Å². The molecule has 0 bridgehead atoms. The Hall–Kier alpha value is -1.00. The highest BCUT2D eigenvalue weighted by Crippen LogP contribution is 2.43. The van der Waals surface area contributed by atoms with Crippen molar-refractivity contribution in [3.05, 3.63) is 29.8 Å². The Labute approximate surface area is 108 Å². The smallest absolute Gasteiger partial charge is 0.141 e. The average molecular weight is 252 g/mol. The molecule has 0 spiro atoms. The Balaban J connectivity index is 1.99. The Morgan fingerprint density at radius 2 is 2.22 bits per heavy atom. The van der Waals surface area contributed by atoms with Gasteiger partial charge in [0.05, 0.1) is 12.3 Å². The van der Waals surface area contributed by atoms with E-state index in [1.165, 1.54) is 12.3 Å². The Bertz CT molecular complexity index is 422. The minimum Gasteiger partial charge on any atom is -0.381 e. The standard InChI is InChI=1S/C14H21FN2O/c1-9(10-5-11(15)8-16-7-10)17-12-6-13(18-4)14(12,2)3/h5,7-9,12-13,17H,6H2,1-4H3. The second kappa shape index (κ2) is 4.94. The average Bonchev–Trinajstić information content (AvgIpc) is 2.33. The summed E-state index contributed by atoms with van der Waals surface area (Å²) in [5.41, 5.74) is 0.996. The van der Waals surface area contributed by atoms with E-state index in [0.29, 0.717) is 12.1 Å². The SMILES string of the molecule is COC1CC(NC(C)c2cncc(F)c2)C1(C)C. The number of rotatable bonds is 4. The topological polar surface area (TPSA) is 34.1 Å². The number of halogens is 1. The Kier molecular flexibility index (Phi) is 3.69. The van der Waals surface area contributed by atoms with Crippen LogP contribution in [-0.2, 0) is 4.74 Å². The molecule has 0 saturated heterocycles. The second-order valence-electron chi connectivity index (χ2n) is 5.66. The molecule has 2 rings (SSSR count). The maximum absolute atomic E-state index is 13.1. The van der Waals surface area contributed by atoms with E-state index in [1.807, 2.05) is 6.92 Å². The van der Waals surface area contributed by atoms with Crippen molar-refractivity contribution in [1.29, 1.82) is 0 Å². The van der Waals surface area contributed by atoms with Crippen molar-refractivity contribution >= 4 is 0 Å². The lowest BCUT2D eigenvalue weighted by Gasteiger charge is -2.52. The van der Waals surface area contributed by atoms with Gasteiger partial charge in [0.15, 0.2) is 0 Å². The highest BCUT2D eigenvalue weighted by molar-refractivity contribution is 5.16. The fourth-order valence-electron chi connectivity index (χ4n) is 2.63. The van der Waals surface area contributed by atoms with E-state index in [4.69, 9.17) is 4.74 Å². The van der Waals surface area contributed by atoms with Gasteiger partial charge in [-0.2, -0.15) is 0 Å². The molecular formula is C14H21FN2O. The van der Waals surface area contributed by atoms with Crippen LogP contribution in [0.3, 0.4) is 0 Å². The molecule has 1 aliphatic rings. The monoisotopic (exact) mass is 252 g/mol. The summed E-state index contributed by atoms with van der Waals surface area (Å²) in [5.74, 6) is -0.288. The molecule has 3 unspecified atom stereocenters. The number of aromatic nitrogens is 1. The van der Waals surface area contributed by atoms with Crippen LogP contribution in [0.15, 0.2) is 18.5 Å². The molecule has 1 saturated carbocycles. The van der Waals surface area contributed by atoms with E-state index >= 15 is 0 Å². The van der Waals surface area contributed by atoms with Crippen molar-refractivity contribution in [3.8, 4) is 0 Å². The lowest BCUT2D eigenvalue weighted by molar-refractivity contribution is -0.0999. The Morgan fingerprint density at radius 3 is 2.78 bits per heavy atom. The maximum atomic E-state index is 13.1. The summed E-state index contributed by atoms with van der Waals surface area (Å²) in [6, 6.07) is 2.01. The molecule has 1 aliphatic carbocycles. The molecule has 0 radical (unpaired) electrons. The van der Waals surface area contributed by atoms with Crippen molar-refractivity contribution in [2.24, 2.45) is 5.41 Å². The van der Waals surface area contributed by atoms with Gasteiger partial charge < -0.3 is 10.1 Å². The van der Waals surface area contributed by atoms with Gasteiger partial charge in [-0.15, -0.1) is 0 Å². The van der Waals surface area contributed by atoms with Crippen molar-refractivity contribution in [2.75, 3.05) is 7.11 Å². The summed E-state index contributed by atoms with van der Waals surface area (Å²) >= 11 is 0. The van der Waals surface area contributed by atoms with Gasteiger partial charge in [0.25, 0.3) is 0 Å². The van der Waals surface area contributed by atoms with E-state index in [9.17, 15) is 4.39 Å². The van der Waals surface area contributed by atoms with Crippen LogP contribution in [0.4, 0.5) is 4.39 Å². The van der Waals surface area contributed by atoms with E-state index in [1.54, 1.807) is 13.3 Å². The first-order valence-corrected chi connectivity index (χ1v) is 6.34. The van der Waals surface area contributed by atoms with Crippen LogP contribution < -0.4 is 5.32 Å². The van der Waals surface area contributed by atoms with Gasteiger partial charge in [0.1, 0.15) is 5.82 Å². The van der Waals surface area contributed by atoms with Crippen LogP contribution in [0.5, 0.6) is 0 Å². The van der Waals surface area contributed by atoms with E-state index < -0.39 is 0 Å². The highest BCUT2D eigenvalue weighted by atomic mass is 19.1. The quantitative estimate of drug-likeness (QED) is 0.894. The van der Waals surface area contributed by atoms with Crippen LogP contribution in [0, 0.1) is 11.2 Å². The molecule has 1 heterocycles. The molecule has 1 fully saturated rings. The van der Waals surface area contributed by atoms with E-state index in [2.05, 4.69) is 24.1 Å². The summed E-state index contributed by atoms with van der Waals surface area (Å²) in [6.45, 7) is 6.42. The molecular weight excluding hydrogens is 231 g/mol. The summed E-state index contributed by atoms with van der Waals surface area (Å²) in [4.78, 5) is 3.88. The lowest BCUT2D eigenvalue weighted by Crippen LogP contribution is -2.60. The van der Waals surface area contributed by atoms with Crippen LogP contribution in [0.25, 0.3) is 0 Å². The molecule has 18 heavy (non-hydrogen) atoms. The minimum atomic E-state index is -0.288. The zero-order valence-corrected chi connectivity index (χ0v) is 11.4. The largest absolute Gasteiger partial charge is 0.381 e. The molecule has 3 nitrogen and oxygen atoms in total. The number of hydrogen-bond donors (Lipinski definition) is 1. The van der Waals surface area contributed by atoms with Crippen LogP contribution in [0.1, 0.15) is 38.8 Å². The molecule has 1 N–H and O–H groups in total. The summed E-state index contributed by atoms with van der Waals surface area (Å²) in [6.07, 6.45) is 4.23. The molecule has 4 heteroatoms. The number of nitrogens with zero attached hydrogens (tertiary/aromatic N) is 1. The molecule has 1 aromatic rings. The van der Waals surface area contributed by atoms with Gasteiger partial charge in [-0.3, -0.25) is 4.98 Å². The zero-order chi connectivity index (χ0) is 13.3. The van der Waals surface area contributed by atoms with Gasteiger partial charge >= 0.3 is 0 Å². The predicted molar refractivity (Wildman–Crippen MR) is 68.7 cm³/mol. The normalized spacial score (nSPS) is 27.6. The number of methoxy groups -OCH3 is 1. The third kappa shape index (κ3) is 2.40. The Morgan fingerprint density at radius 1 is 1.50 bits per heavy atom. The number of ether oxygens (including phenoxy) is 1. The van der Waals surface area contributed by atoms with Crippen molar-refractivity contribution < 1.29 is 9.13 Å². The fourth-order valence-corrected chi connectivity index (χ4v) is 2.63. The number of nitrogens with one attached hydrogen (secondary N) is 1. The van der Waals surface area contributed by atoms with Crippen molar-refractivity contribution in [1.82, 2.24) is 10.3 Å². The van der Waals surface area contributed by atoms with Gasteiger partial charge in [-0.05, 0) is 25.0 Å². The number of pyridine rings is 1. The first-order chi connectivity index (χ1) is 8.45. The first kappa shape index (κ1) is 13.4. The molecule has 3 atom stereocenters. The zero-order valence-electron chi connectivity index (χ0n) is 11.4. The lowest BCUT2D eigenvalue weighted by atomic mass is 9.64. The highest BCUT2D eigenvalue weighted by Gasteiger charge is 2.48. The second-order valence-corrected chi connectivity index (χ2v) is 5.66. The van der Waals surface area contributed by atoms with Gasteiger partial charge in [0, 0.05) is 30.8 Å². The third-order valence-electron chi connectivity index (χ3n) is 4.14. The van der Waals surface area contributed by atoms with Crippen LogP contribution in [0.2, 0.25) is 0 Å². The third-order valence-corrected chi connectivity index (χ3v) is 4.14. The minimum absolute atomic E-state index is 0.0929. The van der Waals surface area contributed by atoms with Gasteiger partial charge in [-0.1, -0.05) is 13.8 Å². The molecule has 0 amide bonds. The number of hydrogen-bond acceptors (Lipinski definition) is 3. The summed E-state index contributed by atoms with van der Waals surface area (Å²) in [5, 5.41) is 3.53. The summed E-state index contributed by atoms with van der Waals surface area (Å²) in [7, 11) is 1.75. The van der Waals surface area contributed by atoms with Crippen molar-refractivity contribution in [3.63, 3.8) is 0 Å². The first-order valence-electron chi connectivity index (χ1n) is 6.34. The molecule has 0 aromatic carbocycles. The van der Waals surface area contributed by atoms with Gasteiger partial charge in [0.2, 0.25) is 0 Å². The fraction of sp³-hybridized carbons (Fsp3) is 0.643. The van der Waals surface area contributed by atoms with Crippen LogP contribution in [-0.4, -0.2) is 24.2 Å². The van der Waals surface area contributed by atoms with E-state index in [-0.39, 0.29) is 17.3 Å². The predicted octanol–water partition coefficient (Wildman–Crippen LogP) is 2.68. The van der Waals surface area contributed by atoms with Gasteiger partial charge in [-0.25, -0.2) is 4.39 Å². The molecule has 100 valence electrons. The van der Waals surface area contributed by atoms with E-state index in [0.717, 1.165) is 12.0 Å². The van der Waals surface area contributed by atoms with Crippen molar-refractivity contribution in [2.45, 2.75) is 45.4 Å². The maximum Gasteiger partial charge on any atom is 0.141 e. The molecule has 0 aliphatic heterocycles. The molecule has 1 aromatic heterocycles.